The molecule has 61 heavy (non-hydrogen) atoms. The van der Waals surface area contributed by atoms with Crippen LogP contribution in [0.3, 0.4) is 0 Å². The van der Waals surface area contributed by atoms with Crippen molar-refractivity contribution in [3.8, 4) is 5.88 Å². The third-order valence-electron chi connectivity index (χ3n) is 11.3. The summed E-state index contributed by atoms with van der Waals surface area (Å²) in [5.41, 5.74) is -1.56. The van der Waals surface area contributed by atoms with Gasteiger partial charge in [-0.2, -0.15) is 9.97 Å². The van der Waals surface area contributed by atoms with Crippen LogP contribution >= 0.6 is 0 Å². The number of hydrogen-bond donors (Lipinski definition) is 5. The van der Waals surface area contributed by atoms with E-state index >= 15 is 0 Å². The van der Waals surface area contributed by atoms with Crippen LogP contribution in [-0.2, 0) is 29.1 Å². The number of carbonyl (C=O) groups is 4. The van der Waals surface area contributed by atoms with Gasteiger partial charge < -0.3 is 35.6 Å². The van der Waals surface area contributed by atoms with E-state index in [1.54, 1.807) is 20.8 Å². The average Bonchev–Trinajstić information content (AvgIpc) is 4.08. The number of likely N-dealkylation sites (tertiary alicyclic amines) is 1. The lowest BCUT2D eigenvalue weighted by Gasteiger charge is -2.35. The molecular formula is C42H50F2N8O8S. The van der Waals surface area contributed by atoms with E-state index in [1.807, 2.05) is 0 Å². The van der Waals surface area contributed by atoms with Crippen LogP contribution in [0.5, 0.6) is 5.88 Å². The van der Waals surface area contributed by atoms with Crippen LogP contribution in [0.1, 0.15) is 72.1 Å². The maximum atomic E-state index is 14.7. The van der Waals surface area contributed by atoms with E-state index in [0.717, 1.165) is 12.8 Å². The highest BCUT2D eigenvalue weighted by Crippen LogP contribution is 2.45. The predicted molar refractivity (Wildman–Crippen MR) is 220 cm³/mol. The molecule has 1 aliphatic heterocycles. The fourth-order valence-electron chi connectivity index (χ4n) is 7.64. The molecule has 1 saturated heterocycles. The molecule has 5 N–H and O–H groups in total. The molecule has 7 rings (SSSR count). The molecule has 5 atom stereocenters. The van der Waals surface area contributed by atoms with Crippen LogP contribution in [0.15, 0.2) is 67.3 Å². The Morgan fingerprint density at radius 1 is 0.918 bits per heavy atom. The van der Waals surface area contributed by atoms with E-state index in [1.165, 1.54) is 65.6 Å². The van der Waals surface area contributed by atoms with E-state index in [4.69, 9.17) is 9.47 Å². The van der Waals surface area contributed by atoms with Gasteiger partial charge in [-0.05, 0) is 98.9 Å². The molecule has 3 aromatic rings. The van der Waals surface area contributed by atoms with Crippen molar-refractivity contribution in [3.05, 3.63) is 78.9 Å². The molecule has 16 nitrogen and oxygen atoms in total. The van der Waals surface area contributed by atoms with Gasteiger partial charge in [0.05, 0.1) is 11.8 Å². The first kappa shape index (κ1) is 43.2. The Morgan fingerprint density at radius 3 is 2.11 bits per heavy atom. The van der Waals surface area contributed by atoms with E-state index < -0.39 is 85.8 Å². The fourth-order valence-corrected chi connectivity index (χ4v) is 9.00. The number of ether oxygens (including phenoxy) is 2. The zero-order valence-corrected chi connectivity index (χ0v) is 34.9. The van der Waals surface area contributed by atoms with Gasteiger partial charge in [0.2, 0.25) is 33.7 Å². The van der Waals surface area contributed by atoms with E-state index in [2.05, 4.69) is 42.5 Å². The van der Waals surface area contributed by atoms with Crippen LogP contribution in [0.25, 0.3) is 0 Å². The van der Waals surface area contributed by atoms with Gasteiger partial charge >= 0.3 is 6.09 Å². The molecule has 0 bridgehead atoms. The Bertz CT molecular complexity index is 2200. The highest BCUT2D eigenvalue weighted by atomic mass is 32.2. The highest BCUT2D eigenvalue weighted by molar-refractivity contribution is 7.91. The van der Waals surface area contributed by atoms with Gasteiger partial charge in [0.25, 0.3) is 5.91 Å². The van der Waals surface area contributed by atoms with Gasteiger partial charge in [0, 0.05) is 29.8 Å². The molecule has 4 amide bonds. The van der Waals surface area contributed by atoms with Crippen molar-refractivity contribution in [2.75, 3.05) is 17.2 Å². The molecule has 19 heteroatoms. The van der Waals surface area contributed by atoms with Crippen molar-refractivity contribution in [1.29, 1.82) is 0 Å². The number of halogens is 2. The summed E-state index contributed by atoms with van der Waals surface area (Å²) in [5, 5.41) is 10.9. The van der Waals surface area contributed by atoms with Crippen molar-refractivity contribution in [2.24, 2.45) is 11.3 Å². The van der Waals surface area contributed by atoms with E-state index in [-0.39, 0.29) is 43.1 Å². The lowest BCUT2D eigenvalue weighted by Crippen LogP contribution is -2.60. The average molecular weight is 865 g/mol. The smallest absolute Gasteiger partial charge is 0.408 e. The van der Waals surface area contributed by atoms with E-state index in [0.29, 0.717) is 37.1 Å². The van der Waals surface area contributed by atoms with Gasteiger partial charge in [0.1, 0.15) is 47.3 Å². The summed E-state index contributed by atoms with van der Waals surface area (Å²) in [7, 11) is -3.96. The first-order chi connectivity index (χ1) is 28.9. The van der Waals surface area contributed by atoms with Gasteiger partial charge in [-0.15, -0.1) is 6.58 Å². The minimum absolute atomic E-state index is 0.00311. The molecule has 2 heterocycles. The maximum Gasteiger partial charge on any atom is 0.408 e. The zero-order chi connectivity index (χ0) is 43.7. The zero-order valence-electron chi connectivity index (χ0n) is 34.1. The molecule has 3 aliphatic carbocycles. The van der Waals surface area contributed by atoms with Crippen LogP contribution in [0.4, 0.5) is 36.7 Å². The van der Waals surface area contributed by atoms with Crippen LogP contribution in [-0.4, -0.2) is 88.7 Å². The Morgan fingerprint density at radius 2 is 1.54 bits per heavy atom. The first-order valence-corrected chi connectivity index (χ1v) is 21.9. The molecule has 3 saturated carbocycles. The summed E-state index contributed by atoms with van der Waals surface area (Å²) in [4.78, 5) is 66.2. The second-order valence-corrected chi connectivity index (χ2v) is 19.1. The van der Waals surface area contributed by atoms with Gasteiger partial charge in [-0.1, -0.05) is 26.8 Å². The molecular weight excluding hydrogens is 815 g/mol. The number of anilines is 4. The lowest BCUT2D eigenvalue weighted by molar-refractivity contribution is -0.143. The molecule has 0 unspecified atom stereocenters. The minimum Gasteiger partial charge on any atom is -0.472 e. The fraction of sp³-hybridized carbons (Fsp3) is 0.476. The SMILES string of the molecule is C=C[C@@H]1C[C@]1(NC(=O)[C@@H]1C[C@@H](Oc2cc(Nc3ccc(F)cc3)nc(Nc3ccc(F)cc3)n2)CN1C(=O)[C@@H](NC(=O)OC1CCCC1)C(C)(C)C)C(=O)NS(=O)(=O)C1CC1. The quantitative estimate of drug-likeness (QED) is 0.123. The molecule has 0 radical (unpaired) electrons. The number of benzene rings is 2. The summed E-state index contributed by atoms with van der Waals surface area (Å²) >= 11 is 0. The number of nitrogens with one attached hydrogen (secondary N) is 5. The largest absolute Gasteiger partial charge is 0.472 e. The van der Waals surface area contributed by atoms with Crippen LogP contribution < -0.4 is 30.7 Å². The molecule has 4 aliphatic rings. The molecule has 0 spiro atoms. The second-order valence-electron chi connectivity index (χ2n) is 17.1. The Labute approximate surface area is 352 Å². The molecule has 4 fully saturated rings. The minimum atomic E-state index is -3.96. The Balaban J connectivity index is 1.17. The number of rotatable bonds is 15. The summed E-state index contributed by atoms with van der Waals surface area (Å²) < 4.78 is 67.2. The summed E-state index contributed by atoms with van der Waals surface area (Å²) in [6, 6.07) is 10.0. The van der Waals surface area contributed by atoms with E-state index in [9.17, 15) is 36.4 Å². The monoisotopic (exact) mass is 864 g/mol. The lowest BCUT2D eigenvalue weighted by atomic mass is 9.85. The second kappa shape index (κ2) is 17.3. The summed E-state index contributed by atoms with van der Waals surface area (Å²) in [5.74, 6) is -3.48. The van der Waals surface area contributed by atoms with Gasteiger partial charge in [0.15, 0.2) is 0 Å². The van der Waals surface area contributed by atoms with Gasteiger partial charge in [-0.25, -0.2) is 22.0 Å². The van der Waals surface area contributed by atoms with Crippen molar-refractivity contribution in [3.63, 3.8) is 0 Å². The summed E-state index contributed by atoms with van der Waals surface area (Å²) in [6.45, 7) is 8.87. The number of sulfonamides is 1. The maximum absolute atomic E-state index is 14.7. The Hall–Kier alpha value is -5.85. The number of amides is 4. The molecule has 2 aromatic carbocycles. The topological polar surface area (TPSA) is 210 Å². The first-order valence-electron chi connectivity index (χ1n) is 20.3. The predicted octanol–water partition coefficient (Wildman–Crippen LogP) is 5.34. The number of aromatic nitrogens is 2. The summed E-state index contributed by atoms with van der Waals surface area (Å²) in [6.07, 6.45) is 3.61. The molecule has 1 aromatic heterocycles. The number of carbonyl (C=O) groups excluding carboxylic acids is 4. The van der Waals surface area contributed by atoms with Crippen molar-refractivity contribution in [1.82, 2.24) is 30.2 Å². The van der Waals surface area contributed by atoms with Gasteiger partial charge in [-0.3, -0.25) is 19.1 Å². The standard InChI is InChI=1S/C42H50F2N8O8S/c1-5-24-22-42(24,38(55)51-61(57,58)31-18-19-31)50-36(53)32-20-30(23-52(32)37(54)35(41(2,3)4)49-40(56)60-29-8-6-7-9-29)59-34-21-33(45-27-14-10-25(43)11-15-27)47-39(48-34)46-28-16-12-26(44)13-17-28/h5,10-17,21,24,29-32,35H,1,6-9,18-20,22-23H2,2-4H3,(H,49,56)(H,50,53)(H,51,55)(H2,45,46,47,48)/t24-,30-,32+,35-,42-/m1/s1. The van der Waals surface area contributed by atoms with Crippen LogP contribution in [0.2, 0.25) is 0 Å². The van der Waals surface area contributed by atoms with Crippen molar-refractivity contribution in [2.45, 2.75) is 107 Å². The third-order valence-corrected chi connectivity index (χ3v) is 13.1. The number of nitrogens with zero attached hydrogens (tertiary/aromatic N) is 3. The van der Waals surface area contributed by atoms with Crippen molar-refractivity contribution >= 4 is 57.0 Å². The Kier molecular flexibility index (Phi) is 12.2. The third kappa shape index (κ3) is 10.4. The normalized spacial score (nSPS) is 23.0. The van der Waals surface area contributed by atoms with Crippen molar-refractivity contribution < 1.29 is 45.9 Å². The number of hydrogen-bond acceptors (Lipinski definition) is 12. The highest BCUT2D eigenvalue weighted by Gasteiger charge is 2.62. The number of alkyl carbamates (subject to hydrolysis) is 1. The van der Waals surface area contributed by atoms with Crippen LogP contribution in [0, 0.1) is 23.0 Å². The molecule has 326 valence electrons.